The van der Waals surface area contributed by atoms with Gasteiger partial charge in [-0.15, -0.1) is 0 Å². The molecule has 0 saturated carbocycles. The van der Waals surface area contributed by atoms with Gasteiger partial charge in [0.2, 0.25) is 11.8 Å². The van der Waals surface area contributed by atoms with Crippen molar-refractivity contribution in [1.29, 1.82) is 0 Å². The molecule has 1 unspecified atom stereocenters. The van der Waals surface area contributed by atoms with Gasteiger partial charge in [0.15, 0.2) is 0 Å². The van der Waals surface area contributed by atoms with Crippen LogP contribution in [-0.4, -0.2) is 67.5 Å². The molecule has 0 spiro atoms. The summed E-state index contributed by atoms with van der Waals surface area (Å²) in [4.78, 5) is 36.6. The van der Waals surface area contributed by atoms with Crippen molar-refractivity contribution in [3.8, 4) is 0 Å². The molecule has 0 radical (unpaired) electrons. The van der Waals surface area contributed by atoms with Crippen molar-refractivity contribution in [2.45, 2.75) is 37.4 Å². The summed E-state index contributed by atoms with van der Waals surface area (Å²) in [5.41, 5.74) is 0. The summed E-state index contributed by atoms with van der Waals surface area (Å²) >= 11 is 1.39. The van der Waals surface area contributed by atoms with Gasteiger partial charge in [-0.25, -0.2) is 0 Å². The standard InChI is InChI=1S/C15H25NO5S/c1-20-9-10-21-8-4-3-5-12(17)6-7-16-14(18)11-13(22-2)15(16)19/h13H,3-11H2,1-2H3. The zero-order valence-electron chi connectivity index (χ0n) is 13.3. The fraction of sp³-hybridized carbons (Fsp3) is 0.800. The highest BCUT2D eigenvalue weighted by Gasteiger charge is 2.37. The Hall–Kier alpha value is -0.920. The Morgan fingerprint density at radius 1 is 1.23 bits per heavy atom. The van der Waals surface area contributed by atoms with Crippen LogP contribution < -0.4 is 0 Å². The third-order valence-corrected chi connectivity index (χ3v) is 4.46. The molecule has 22 heavy (non-hydrogen) atoms. The highest BCUT2D eigenvalue weighted by molar-refractivity contribution is 8.00. The Morgan fingerprint density at radius 2 is 2.00 bits per heavy atom. The number of nitrogens with zero attached hydrogens (tertiary/aromatic N) is 1. The number of amides is 2. The van der Waals surface area contributed by atoms with Crippen LogP contribution in [0.5, 0.6) is 0 Å². The molecule has 1 aliphatic heterocycles. The topological polar surface area (TPSA) is 72.9 Å². The van der Waals surface area contributed by atoms with Gasteiger partial charge in [-0.1, -0.05) is 0 Å². The molecule has 1 heterocycles. The minimum absolute atomic E-state index is 0.0880. The van der Waals surface area contributed by atoms with Crippen molar-refractivity contribution >= 4 is 29.4 Å². The molecule has 1 aliphatic rings. The number of thioether (sulfide) groups is 1. The molecule has 1 atom stereocenters. The van der Waals surface area contributed by atoms with Crippen LogP contribution in [0.25, 0.3) is 0 Å². The largest absolute Gasteiger partial charge is 0.382 e. The van der Waals surface area contributed by atoms with E-state index in [1.807, 2.05) is 6.26 Å². The Balaban J connectivity index is 2.11. The number of ketones is 1. The summed E-state index contributed by atoms with van der Waals surface area (Å²) in [6, 6.07) is 0. The van der Waals surface area contributed by atoms with Gasteiger partial charge in [0.25, 0.3) is 0 Å². The van der Waals surface area contributed by atoms with Gasteiger partial charge in [-0.2, -0.15) is 11.8 Å². The molecule has 0 bridgehead atoms. The molecule has 0 aromatic carbocycles. The van der Waals surface area contributed by atoms with Gasteiger partial charge >= 0.3 is 0 Å². The average molecular weight is 331 g/mol. The average Bonchev–Trinajstić information content (AvgIpc) is 2.78. The number of unbranched alkanes of at least 4 members (excludes halogenated alkanes) is 1. The molecule has 126 valence electrons. The lowest BCUT2D eigenvalue weighted by Crippen LogP contribution is -2.33. The fourth-order valence-electron chi connectivity index (χ4n) is 2.20. The number of carbonyl (C=O) groups is 3. The fourth-order valence-corrected chi connectivity index (χ4v) is 2.84. The molecule has 7 heteroatoms. The lowest BCUT2D eigenvalue weighted by Gasteiger charge is -2.13. The Kier molecular flexibility index (Phi) is 9.34. The number of hydrogen-bond acceptors (Lipinski definition) is 6. The van der Waals surface area contributed by atoms with Crippen molar-refractivity contribution in [1.82, 2.24) is 4.90 Å². The summed E-state index contributed by atoms with van der Waals surface area (Å²) in [7, 11) is 1.62. The summed E-state index contributed by atoms with van der Waals surface area (Å²) in [6.45, 7) is 1.99. The van der Waals surface area contributed by atoms with Gasteiger partial charge in [-0.3, -0.25) is 19.3 Å². The van der Waals surface area contributed by atoms with Gasteiger partial charge < -0.3 is 9.47 Å². The van der Waals surface area contributed by atoms with Crippen LogP contribution in [-0.2, 0) is 23.9 Å². The maximum Gasteiger partial charge on any atom is 0.242 e. The molecule has 0 aromatic heterocycles. The Labute approximate surface area is 135 Å². The van der Waals surface area contributed by atoms with Gasteiger partial charge in [0.1, 0.15) is 5.78 Å². The predicted octanol–water partition coefficient (Wildman–Crippen LogP) is 1.27. The maximum atomic E-state index is 11.9. The van der Waals surface area contributed by atoms with E-state index in [0.717, 1.165) is 12.8 Å². The highest BCUT2D eigenvalue weighted by atomic mass is 32.2. The third-order valence-electron chi connectivity index (χ3n) is 3.53. The van der Waals surface area contributed by atoms with Crippen LogP contribution in [0.1, 0.15) is 32.1 Å². The van der Waals surface area contributed by atoms with Gasteiger partial charge in [0, 0.05) is 39.5 Å². The van der Waals surface area contributed by atoms with Gasteiger partial charge in [-0.05, 0) is 19.1 Å². The first kappa shape index (κ1) is 19.1. The van der Waals surface area contributed by atoms with E-state index in [-0.39, 0.29) is 42.2 Å². The highest BCUT2D eigenvalue weighted by Crippen LogP contribution is 2.23. The van der Waals surface area contributed by atoms with E-state index in [9.17, 15) is 14.4 Å². The monoisotopic (exact) mass is 331 g/mol. The van der Waals surface area contributed by atoms with E-state index >= 15 is 0 Å². The van der Waals surface area contributed by atoms with Crippen LogP contribution in [0, 0.1) is 0 Å². The second-order valence-electron chi connectivity index (χ2n) is 5.16. The van der Waals surface area contributed by atoms with E-state index in [1.165, 1.54) is 16.7 Å². The number of rotatable bonds is 12. The van der Waals surface area contributed by atoms with E-state index in [1.54, 1.807) is 7.11 Å². The summed E-state index contributed by atoms with van der Waals surface area (Å²) in [5, 5.41) is -0.271. The molecular weight excluding hydrogens is 306 g/mol. The van der Waals surface area contributed by atoms with Crippen molar-refractivity contribution < 1.29 is 23.9 Å². The van der Waals surface area contributed by atoms with Crippen molar-refractivity contribution in [3.63, 3.8) is 0 Å². The first-order chi connectivity index (χ1) is 10.6. The first-order valence-electron chi connectivity index (χ1n) is 7.55. The molecule has 0 aromatic rings. The Bertz CT molecular complexity index is 388. The first-order valence-corrected chi connectivity index (χ1v) is 8.84. The zero-order chi connectivity index (χ0) is 16.4. The minimum atomic E-state index is -0.271. The predicted molar refractivity (Wildman–Crippen MR) is 84.8 cm³/mol. The second kappa shape index (κ2) is 10.7. The zero-order valence-corrected chi connectivity index (χ0v) is 14.2. The van der Waals surface area contributed by atoms with Crippen LogP contribution in [0.15, 0.2) is 0 Å². The van der Waals surface area contributed by atoms with Crippen molar-refractivity contribution in [3.05, 3.63) is 0 Å². The molecule has 0 N–H and O–H groups in total. The number of methoxy groups -OCH3 is 1. The molecule has 6 nitrogen and oxygen atoms in total. The molecule has 1 saturated heterocycles. The maximum absolute atomic E-state index is 11.9. The third kappa shape index (κ3) is 6.46. The lowest BCUT2D eigenvalue weighted by atomic mass is 10.1. The molecular formula is C15H25NO5S. The Morgan fingerprint density at radius 3 is 2.64 bits per heavy atom. The quantitative estimate of drug-likeness (QED) is 0.396. The lowest BCUT2D eigenvalue weighted by molar-refractivity contribution is -0.138. The smallest absolute Gasteiger partial charge is 0.242 e. The van der Waals surface area contributed by atoms with Gasteiger partial charge in [0.05, 0.1) is 18.5 Å². The van der Waals surface area contributed by atoms with Crippen molar-refractivity contribution in [2.75, 3.05) is 39.7 Å². The van der Waals surface area contributed by atoms with Crippen LogP contribution in [0.4, 0.5) is 0 Å². The number of likely N-dealkylation sites (tertiary alicyclic amines) is 1. The van der Waals surface area contributed by atoms with Crippen LogP contribution in [0.2, 0.25) is 0 Å². The minimum Gasteiger partial charge on any atom is -0.382 e. The molecule has 1 rings (SSSR count). The summed E-state index contributed by atoms with van der Waals surface area (Å²) in [5.74, 6) is -0.231. The number of Topliss-reactive ketones (excluding diaryl/α,β-unsaturated/α-hetero) is 1. The van der Waals surface area contributed by atoms with E-state index in [2.05, 4.69) is 0 Å². The van der Waals surface area contributed by atoms with Crippen LogP contribution >= 0.6 is 11.8 Å². The molecule has 0 aliphatic carbocycles. The number of imide groups is 1. The summed E-state index contributed by atoms with van der Waals surface area (Å²) in [6.07, 6.45) is 4.39. The number of ether oxygens (including phenoxy) is 2. The van der Waals surface area contributed by atoms with E-state index in [4.69, 9.17) is 9.47 Å². The normalized spacial score (nSPS) is 18.3. The molecule has 1 fully saturated rings. The van der Waals surface area contributed by atoms with E-state index in [0.29, 0.717) is 26.2 Å². The molecule has 2 amide bonds. The number of hydrogen-bond donors (Lipinski definition) is 0. The SMILES string of the molecule is COCCOCCCCC(=O)CCN1C(=O)CC(SC)C1=O. The number of carbonyl (C=O) groups excluding carboxylic acids is 3. The second-order valence-corrected chi connectivity index (χ2v) is 6.20. The van der Waals surface area contributed by atoms with E-state index < -0.39 is 0 Å². The summed E-state index contributed by atoms with van der Waals surface area (Å²) < 4.78 is 10.2. The van der Waals surface area contributed by atoms with Crippen molar-refractivity contribution in [2.24, 2.45) is 0 Å². The van der Waals surface area contributed by atoms with Crippen LogP contribution in [0.3, 0.4) is 0 Å².